The Balaban J connectivity index is 1.84. The van der Waals surface area contributed by atoms with Gasteiger partial charge in [-0.05, 0) is 47.6 Å². The van der Waals surface area contributed by atoms with Crippen molar-refractivity contribution in [3.05, 3.63) is 84.2 Å². The summed E-state index contributed by atoms with van der Waals surface area (Å²) in [5, 5.41) is 39.3. The Hall–Kier alpha value is -4.53. The second-order valence-electron chi connectivity index (χ2n) is 13.0. The van der Waals surface area contributed by atoms with Gasteiger partial charge in [-0.2, -0.15) is 4.31 Å². The van der Waals surface area contributed by atoms with Gasteiger partial charge in [-0.3, -0.25) is 19.4 Å². The van der Waals surface area contributed by atoms with Crippen LogP contribution in [0.3, 0.4) is 0 Å². The summed E-state index contributed by atoms with van der Waals surface area (Å²) in [5.41, 5.74) is 0.278. The van der Waals surface area contributed by atoms with Crippen LogP contribution < -0.4 is 16.0 Å². The van der Waals surface area contributed by atoms with Crippen LogP contribution in [0.25, 0.3) is 0 Å². The molecule has 0 fully saturated rings. The third kappa shape index (κ3) is 10.8. The summed E-state index contributed by atoms with van der Waals surface area (Å²) in [4.78, 5) is 42.7. The predicted octanol–water partition coefficient (Wildman–Crippen LogP) is 2.19. The summed E-state index contributed by atoms with van der Waals surface area (Å²) in [7, 11) is -4.26. The number of aliphatic hydroxyl groups is 1. The number of aromatic nitrogens is 1. The molecular weight excluding hydrogens is 638 g/mol. The summed E-state index contributed by atoms with van der Waals surface area (Å²) >= 11 is 0. The molecule has 3 aromatic rings. The zero-order valence-electron chi connectivity index (χ0n) is 27.8. The van der Waals surface area contributed by atoms with Gasteiger partial charge in [-0.1, -0.05) is 65.0 Å². The minimum absolute atomic E-state index is 0.0128. The predicted molar refractivity (Wildman–Crippen MR) is 179 cm³/mol. The van der Waals surface area contributed by atoms with Crippen LogP contribution in [-0.2, 0) is 26.0 Å². The lowest BCUT2D eigenvalue weighted by atomic mass is 9.85. The Kier molecular flexibility index (Phi) is 13.1. The fourth-order valence-electron chi connectivity index (χ4n) is 4.90. The minimum Gasteiger partial charge on any atom is -0.504 e. The number of phenolic OH excluding ortho intramolecular Hbond substituents is 2. The second-order valence-corrected chi connectivity index (χ2v) is 15.0. The van der Waals surface area contributed by atoms with Crippen molar-refractivity contribution in [2.75, 3.05) is 19.6 Å². The van der Waals surface area contributed by atoms with E-state index in [9.17, 15) is 38.1 Å². The Labute approximate surface area is 281 Å². The average Bonchev–Trinajstić information content (AvgIpc) is 3.03. The summed E-state index contributed by atoms with van der Waals surface area (Å²) in [6, 6.07) is 13.1. The number of hydrogen-bond acceptors (Lipinski definition) is 9. The number of aliphatic hydroxyl groups excluding tert-OH is 1. The largest absolute Gasteiger partial charge is 0.504 e. The van der Waals surface area contributed by atoms with Crippen molar-refractivity contribution in [1.29, 1.82) is 0 Å². The third-order valence-electron chi connectivity index (χ3n) is 7.42. The van der Waals surface area contributed by atoms with Crippen LogP contribution in [0, 0.1) is 11.3 Å². The van der Waals surface area contributed by atoms with Crippen molar-refractivity contribution < 1.29 is 38.1 Å². The van der Waals surface area contributed by atoms with Crippen molar-refractivity contribution >= 4 is 27.7 Å². The molecule has 0 aliphatic rings. The number of phenols is 2. The quantitative estimate of drug-likeness (QED) is 0.130. The number of aromatic hydroxyl groups is 2. The van der Waals surface area contributed by atoms with Crippen molar-refractivity contribution in [1.82, 2.24) is 25.2 Å². The lowest BCUT2D eigenvalue weighted by Crippen LogP contribution is -2.59. The summed E-state index contributed by atoms with van der Waals surface area (Å²) in [6.45, 7) is 8.07. The monoisotopic (exact) mass is 683 g/mol. The molecule has 3 atom stereocenters. The molecule has 0 aliphatic heterocycles. The highest BCUT2D eigenvalue weighted by atomic mass is 32.2. The number of benzene rings is 2. The molecule has 0 bridgehead atoms. The van der Waals surface area contributed by atoms with Crippen molar-refractivity contribution in [3.63, 3.8) is 0 Å². The maximum Gasteiger partial charge on any atom is 0.251 e. The maximum atomic E-state index is 13.8. The Bertz CT molecular complexity index is 1650. The van der Waals surface area contributed by atoms with Gasteiger partial charge in [0, 0.05) is 37.1 Å². The topological polar surface area (TPSA) is 198 Å². The number of pyridine rings is 1. The van der Waals surface area contributed by atoms with E-state index in [1.54, 1.807) is 32.9 Å². The molecule has 6 N–H and O–H groups in total. The van der Waals surface area contributed by atoms with Crippen LogP contribution in [-0.4, -0.2) is 88.6 Å². The SMILES string of the molecule is CC(C)CN(C[C@@H](O)[C@H](Cc1ccccc1)NC(=O)[C@@H](NC(=O)CNC(=O)c1ccncc1)C(C)(C)C)S(=O)(=O)c1ccc(O)c(O)c1. The lowest BCUT2D eigenvalue weighted by Gasteiger charge is -2.34. The van der Waals surface area contributed by atoms with Crippen LogP contribution in [0.2, 0.25) is 0 Å². The van der Waals surface area contributed by atoms with E-state index in [-0.39, 0.29) is 23.8 Å². The molecule has 0 spiro atoms. The molecule has 48 heavy (non-hydrogen) atoms. The van der Waals surface area contributed by atoms with Gasteiger partial charge < -0.3 is 31.3 Å². The van der Waals surface area contributed by atoms with Crippen molar-refractivity contribution in [2.24, 2.45) is 11.3 Å². The zero-order valence-corrected chi connectivity index (χ0v) is 28.6. The van der Waals surface area contributed by atoms with E-state index in [4.69, 9.17) is 0 Å². The summed E-state index contributed by atoms with van der Waals surface area (Å²) in [5.74, 6) is -2.95. The van der Waals surface area contributed by atoms with Gasteiger partial charge in [-0.15, -0.1) is 0 Å². The molecule has 260 valence electrons. The van der Waals surface area contributed by atoms with Gasteiger partial charge in [0.25, 0.3) is 5.91 Å². The van der Waals surface area contributed by atoms with Gasteiger partial charge in [-0.25, -0.2) is 8.42 Å². The lowest BCUT2D eigenvalue weighted by molar-refractivity contribution is -0.132. The van der Waals surface area contributed by atoms with Crippen LogP contribution in [0.4, 0.5) is 0 Å². The number of carbonyl (C=O) groups excluding carboxylic acids is 3. The summed E-state index contributed by atoms with van der Waals surface area (Å²) < 4.78 is 28.4. The van der Waals surface area contributed by atoms with E-state index in [1.165, 1.54) is 24.5 Å². The molecule has 13 nitrogen and oxygen atoms in total. The minimum atomic E-state index is -4.26. The fourth-order valence-corrected chi connectivity index (χ4v) is 6.54. The normalized spacial score (nSPS) is 13.8. The maximum absolute atomic E-state index is 13.8. The number of sulfonamides is 1. The van der Waals surface area contributed by atoms with Crippen LogP contribution in [0.1, 0.15) is 50.5 Å². The first-order valence-electron chi connectivity index (χ1n) is 15.5. The molecule has 3 amide bonds. The molecular formula is C34H45N5O8S. The van der Waals surface area contributed by atoms with Crippen molar-refractivity contribution in [2.45, 2.75) is 64.1 Å². The standard InChI is InChI=1S/C34H45N5O8S/c1-22(2)20-39(48(46,47)25-11-12-27(40)28(41)18-25)21-29(42)26(17-23-9-7-6-8-10-23)37-33(45)31(34(3,4)5)38-30(43)19-36-32(44)24-13-15-35-16-14-24/h6-16,18,22,26,29,31,40-42H,17,19-21H2,1-5H3,(H,36,44)(H,37,45)(H,38,43)/t26-,29+,31+/m0/s1. The molecule has 3 rings (SSSR count). The Morgan fingerprint density at radius 2 is 1.54 bits per heavy atom. The Morgan fingerprint density at radius 3 is 2.12 bits per heavy atom. The first kappa shape index (κ1) is 37.9. The number of hydrogen-bond donors (Lipinski definition) is 6. The van der Waals surface area contributed by atoms with Gasteiger partial charge in [0.2, 0.25) is 21.8 Å². The van der Waals surface area contributed by atoms with Crippen LogP contribution in [0.15, 0.2) is 78.0 Å². The molecule has 0 unspecified atom stereocenters. The number of amides is 3. The van der Waals surface area contributed by atoms with Crippen LogP contribution in [0.5, 0.6) is 11.5 Å². The highest BCUT2D eigenvalue weighted by Gasteiger charge is 2.37. The third-order valence-corrected chi connectivity index (χ3v) is 9.25. The average molecular weight is 684 g/mol. The first-order valence-corrected chi connectivity index (χ1v) is 16.9. The highest BCUT2D eigenvalue weighted by Crippen LogP contribution is 2.29. The second kappa shape index (κ2) is 16.5. The van der Waals surface area contributed by atoms with E-state index < -0.39 is 75.9 Å². The first-order chi connectivity index (χ1) is 22.5. The van der Waals surface area contributed by atoms with E-state index in [0.29, 0.717) is 5.56 Å². The molecule has 0 saturated carbocycles. The zero-order chi connectivity index (χ0) is 35.6. The molecule has 0 radical (unpaired) electrons. The van der Waals surface area contributed by atoms with E-state index in [1.807, 2.05) is 32.0 Å². The fraction of sp³-hybridized carbons (Fsp3) is 0.412. The Morgan fingerprint density at radius 1 is 0.896 bits per heavy atom. The smallest absolute Gasteiger partial charge is 0.251 e. The van der Waals surface area contributed by atoms with Gasteiger partial charge >= 0.3 is 0 Å². The van der Waals surface area contributed by atoms with E-state index in [2.05, 4.69) is 20.9 Å². The highest BCUT2D eigenvalue weighted by molar-refractivity contribution is 7.89. The molecule has 0 aliphatic carbocycles. The molecule has 1 heterocycles. The van der Waals surface area contributed by atoms with Gasteiger partial charge in [0.05, 0.1) is 23.6 Å². The summed E-state index contributed by atoms with van der Waals surface area (Å²) in [6.07, 6.45) is 1.62. The number of nitrogens with one attached hydrogen (secondary N) is 3. The van der Waals surface area contributed by atoms with E-state index in [0.717, 1.165) is 28.1 Å². The number of carbonyl (C=O) groups is 3. The molecule has 1 aromatic heterocycles. The number of nitrogens with zero attached hydrogens (tertiary/aromatic N) is 2. The molecule has 0 saturated heterocycles. The van der Waals surface area contributed by atoms with Gasteiger partial charge in [0.15, 0.2) is 11.5 Å². The number of rotatable bonds is 15. The molecule has 14 heteroatoms. The van der Waals surface area contributed by atoms with Crippen LogP contribution >= 0.6 is 0 Å². The van der Waals surface area contributed by atoms with Crippen molar-refractivity contribution in [3.8, 4) is 11.5 Å². The molecule has 2 aromatic carbocycles. The van der Waals surface area contributed by atoms with E-state index >= 15 is 0 Å². The van der Waals surface area contributed by atoms with Gasteiger partial charge in [0.1, 0.15) is 6.04 Å².